The van der Waals surface area contributed by atoms with Gasteiger partial charge in [0.2, 0.25) is 15.9 Å². The number of benzene rings is 2. The van der Waals surface area contributed by atoms with Gasteiger partial charge in [-0.05, 0) is 36.6 Å². The van der Waals surface area contributed by atoms with Crippen molar-refractivity contribution in [2.24, 2.45) is 0 Å². The Morgan fingerprint density at radius 2 is 1.68 bits per heavy atom. The Morgan fingerprint density at radius 3 is 2.38 bits per heavy atom. The first-order chi connectivity index (χ1) is 16.5. The van der Waals surface area contributed by atoms with Gasteiger partial charge >= 0.3 is 0 Å². The lowest BCUT2D eigenvalue weighted by Gasteiger charge is -2.25. The Kier molecular flexibility index (Phi) is 6.04. The second-order valence-electron chi connectivity index (χ2n) is 8.05. The first kappa shape index (κ1) is 22.1. The minimum Gasteiger partial charge on any atom is -0.415 e. The summed E-state index contributed by atoms with van der Waals surface area (Å²) in [6.45, 7) is 2.53. The maximum Gasteiger partial charge on any atom is 0.268 e. The van der Waals surface area contributed by atoms with Crippen LogP contribution in [0.4, 0.5) is 0 Å². The van der Waals surface area contributed by atoms with Crippen LogP contribution >= 0.6 is 0 Å². The zero-order valence-electron chi connectivity index (χ0n) is 18.6. The van der Waals surface area contributed by atoms with Crippen molar-refractivity contribution in [3.63, 3.8) is 0 Å². The summed E-state index contributed by atoms with van der Waals surface area (Å²) in [6, 6.07) is 18.8. The molecule has 0 saturated carbocycles. The normalized spacial score (nSPS) is 14.7. The molecule has 5 rings (SSSR count). The standard InChI is InChI=1S/C25H23N5O3S/c1-18-23(25-29-28-24(33-25)21-10-6-3-7-11-21)27-22(16-26-18)20-12-14-30(15-13-20)34(31,32)17-19-8-4-2-5-9-19/h2-12,16H,13-15,17H2,1H3. The number of nitrogens with zero attached hydrogens (tertiary/aromatic N) is 5. The minimum absolute atomic E-state index is 0.00753. The number of hydrogen-bond acceptors (Lipinski definition) is 7. The fourth-order valence-corrected chi connectivity index (χ4v) is 5.30. The topological polar surface area (TPSA) is 102 Å². The van der Waals surface area contributed by atoms with Crippen molar-refractivity contribution in [2.75, 3.05) is 13.1 Å². The predicted molar refractivity (Wildman–Crippen MR) is 129 cm³/mol. The molecule has 3 heterocycles. The highest BCUT2D eigenvalue weighted by atomic mass is 32.2. The van der Waals surface area contributed by atoms with Crippen LogP contribution in [0.3, 0.4) is 0 Å². The third-order valence-electron chi connectivity index (χ3n) is 5.69. The molecule has 1 aliphatic heterocycles. The molecule has 172 valence electrons. The summed E-state index contributed by atoms with van der Waals surface area (Å²) in [5.74, 6) is 0.708. The summed E-state index contributed by atoms with van der Waals surface area (Å²) >= 11 is 0. The van der Waals surface area contributed by atoms with Crippen LogP contribution in [0.25, 0.3) is 28.6 Å². The van der Waals surface area contributed by atoms with Crippen LogP contribution in [0.5, 0.6) is 0 Å². The molecule has 0 unspecified atom stereocenters. The van der Waals surface area contributed by atoms with E-state index in [1.807, 2.05) is 73.7 Å². The van der Waals surface area contributed by atoms with Crippen LogP contribution in [0.2, 0.25) is 0 Å². The number of aryl methyl sites for hydroxylation is 1. The molecule has 0 N–H and O–H groups in total. The van der Waals surface area contributed by atoms with Crippen LogP contribution in [0.1, 0.15) is 23.4 Å². The molecule has 2 aromatic carbocycles. The number of aromatic nitrogens is 4. The molecular weight excluding hydrogens is 450 g/mol. The highest BCUT2D eigenvalue weighted by Crippen LogP contribution is 2.28. The molecule has 34 heavy (non-hydrogen) atoms. The van der Waals surface area contributed by atoms with Crippen molar-refractivity contribution < 1.29 is 12.8 Å². The lowest BCUT2D eigenvalue weighted by atomic mass is 10.1. The first-order valence-corrected chi connectivity index (χ1v) is 12.5. The van der Waals surface area contributed by atoms with Gasteiger partial charge in [0.25, 0.3) is 5.89 Å². The van der Waals surface area contributed by atoms with Crippen LogP contribution in [-0.4, -0.2) is 46.0 Å². The zero-order chi connectivity index (χ0) is 23.5. The Morgan fingerprint density at radius 1 is 0.971 bits per heavy atom. The third kappa shape index (κ3) is 4.66. The van der Waals surface area contributed by atoms with Gasteiger partial charge in [0.15, 0.2) is 0 Å². The van der Waals surface area contributed by atoms with Gasteiger partial charge in [0, 0.05) is 18.7 Å². The van der Waals surface area contributed by atoms with E-state index >= 15 is 0 Å². The van der Waals surface area contributed by atoms with Gasteiger partial charge in [-0.15, -0.1) is 10.2 Å². The van der Waals surface area contributed by atoms with E-state index in [-0.39, 0.29) is 5.75 Å². The molecule has 9 heteroatoms. The number of sulfonamides is 1. The van der Waals surface area contributed by atoms with Gasteiger partial charge in [-0.25, -0.2) is 13.4 Å². The first-order valence-electron chi connectivity index (χ1n) is 10.9. The molecule has 0 amide bonds. The fraction of sp³-hybridized carbons (Fsp3) is 0.200. The van der Waals surface area contributed by atoms with Gasteiger partial charge in [0.1, 0.15) is 5.69 Å². The van der Waals surface area contributed by atoms with E-state index in [0.29, 0.717) is 48.4 Å². The largest absolute Gasteiger partial charge is 0.415 e. The van der Waals surface area contributed by atoms with Gasteiger partial charge in [-0.3, -0.25) is 4.98 Å². The molecule has 0 saturated heterocycles. The molecule has 0 atom stereocenters. The van der Waals surface area contributed by atoms with Crippen molar-refractivity contribution in [1.29, 1.82) is 0 Å². The predicted octanol–water partition coefficient (Wildman–Crippen LogP) is 4.12. The molecule has 0 radical (unpaired) electrons. The lowest BCUT2D eigenvalue weighted by Crippen LogP contribution is -2.35. The summed E-state index contributed by atoms with van der Waals surface area (Å²) in [7, 11) is -3.40. The minimum atomic E-state index is -3.40. The smallest absolute Gasteiger partial charge is 0.268 e. The maximum atomic E-state index is 12.8. The molecule has 0 bridgehead atoms. The average molecular weight is 474 g/mol. The zero-order valence-corrected chi connectivity index (χ0v) is 19.4. The van der Waals surface area contributed by atoms with Gasteiger partial charge in [0.05, 0.1) is 23.3 Å². The van der Waals surface area contributed by atoms with Crippen LogP contribution in [0.15, 0.2) is 77.4 Å². The molecule has 4 aromatic rings. The Hall–Kier alpha value is -3.69. The van der Waals surface area contributed by atoms with Crippen molar-refractivity contribution in [1.82, 2.24) is 24.5 Å². The van der Waals surface area contributed by atoms with Crippen molar-refractivity contribution >= 4 is 15.6 Å². The van der Waals surface area contributed by atoms with E-state index in [4.69, 9.17) is 9.40 Å². The summed E-state index contributed by atoms with van der Waals surface area (Å²) in [5.41, 5.74) is 4.43. The summed E-state index contributed by atoms with van der Waals surface area (Å²) in [5, 5.41) is 8.31. The van der Waals surface area contributed by atoms with E-state index in [9.17, 15) is 8.42 Å². The quantitative estimate of drug-likeness (QED) is 0.415. The van der Waals surface area contributed by atoms with Crippen molar-refractivity contribution in [3.05, 3.63) is 89.9 Å². The molecule has 0 spiro atoms. The van der Waals surface area contributed by atoms with Crippen molar-refractivity contribution in [2.45, 2.75) is 19.1 Å². The Bertz CT molecular complexity index is 1430. The maximum absolute atomic E-state index is 12.8. The number of hydrogen-bond donors (Lipinski definition) is 0. The van der Waals surface area contributed by atoms with Gasteiger partial charge < -0.3 is 4.42 Å². The second-order valence-corrected chi connectivity index (χ2v) is 10.0. The summed E-state index contributed by atoms with van der Waals surface area (Å²) in [6.07, 6.45) is 4.15. The van der Waals surface area contributed by atoms with Crippen molar-refractivity contribution in [3.8, 4) is 23.0 Å². The van der Waals surface area contributed by atoms with Crippen LogP contribution in [0, 0.1) is 6.92 Å². The third-order valence-corrected chi connectivity index (χ3v) is 7.51. The molecule has 2 aromatic heterocycles. The highest BCUT2D eigenvalue weighted by molar-refractivity contribution is 7.88. The van der Waals surface area contributed by atoms with Gasteiger partial charge in [-0.2, -0.15) is 4.31 Å². The number of rotatable bonds is 6. The van der Waals surface area contributed by atoms with E-state index < -0.39 is 10.0 Å². The lowest BCUT2D eigenvalue weighted by molar-refractivity contribution is 0.440. The van der Waals surface area contributed by atoms with Crippen LogP contribution in [-0.2, 0) is 15.8 Å². The van der Waals surface area contributed by atoms with E-state index in [1.165, 1.54) is 4.31 Å². The molecule has 0 fully saturated rings. The van der Waals surface area contributed by atoms with Gasteiger partial charge in [-0.1, -0.05) is 54.6 Å². The van der Waals surface area contributed by atoms with E-state index in [0.717, 1.165) is 16.7 Å². The molecule has 1 aliphatic rings. The summed E-state index contributed by atoms with van der Waals surface area (Å²) in [4.78, 5) is 9.21. The molecule has 0 aliphatic carbocycles. The second kappa shape index (κ2) is 9.28. The average Bonchev–Trinajstić information content (AvgIpc) is 3.36. The molecular formula is C25H23N5O3S. The fourth-order valence-electron chi connectivity index (χ4n) is 3.83. The summed E-state index contributed by atoms with van der Waals surface area (Å²) < 4.78 is 33.1. The Labute approximate surface area is 198 Å². The van der Waals surface area contributed by atoms with E-state index in [2.05, 4.69) is 15.2 Å². The molecule has 8 nitrogen and oxygen atoms in total. The highest BCUT2D eigenvalue weighted by Gasteiger charge is 2.26. The monoisotopic (exact) mass is 473 g/mol. The Balaban J connectivity index is 1.35. The van der Waals surface area contributed by atoms with Crippen LogP contribution < -0.4 is 0 Å². The van der Waals surface area contributed by atoms with E-state index in [1.54, 1.807) is 6.20 Å². The SMILES string of the molecule is Cc1ncc(C2=CCN(S(=O)(=O)Cc3ccccc3)CC2)nc1-c1nnc(-c2ccccc2)o1.